The van der Waals surface area contributed by atoms with Crippen molar-refractivity contribution in [1.29, 1.82) is 0 Å². The minimum absolute atomic E-state index is 0.0979. The first-order valence-electron chi connectivity index (χ1n) is 12.4. The van der Waals surface area contributed by atoms with Crippen LogP contribution in [0.2, 0.25) is 0 Å². The van der Waals surface area contributed by atoms with Crippen molar-refractivity contribution in [3.05, 3.63) is 82.5 Å². The summed E-state index contributed by atoms with van der Waals surface area (Å²) >= 11 is -2.12. The maximum atomic E-state index is 12.0. The fraction of sp³-hybridized carbons (Fsp3) is 0.448. The molecule has 0 heterocycles. The lowest BCUT2D eigenvalue weighted by Gasteiger charge is -2.46. The average Bonchev–Trinajstić information content (AvgIpc) is 2.77. The summed E-state index contributed by atoms with van der Waals surface area (Å²) in [7, 11) is 0. The van der Waals surface area contributed by atoms with Crippen molar-refractivity contribution >= 4 is 11.1 Å². The first-order chi connectivity index (χ1) is 16.0. The monoisotopic (exact) mass is 459 g/mol. The van der Waals surface area contributed by atoms with Gasteiger partial charge in [-0.1, -0.05) is 85.0 Å². The SMILES string of the molecule is O=S([O-])CC1(C2=CC=C2)CCCc2c1ccc1c2CC(C2(O)CCCCC2)c2ccccc2-1. The lowest BCUT2D eigenvalue weighted by atomic mass is 9.61. The first kappa shape index (κ1) is 21.5. The third-order valence-corrected chi connectivity index (χ3v) is 9.58. The summed E-state index contributed by atoms with van der Waals surface area (Å²) in [6, 6.07) is 13.1. The molecular weight excluding hydrogens is 428 g/mol. The largest absolute Gasteiger partial charge is 0.772 e. The Balaban J connectivity index is 1.53. The van der Waals surface area contributed by atoms with Gasteiger partial charge in [0.15, 0.2) is 0 Å². The zero-order chi connectivity index (χ0) is 22.6. The van der Waals surface area contributed by atoms with E-state index >= 15 is 0 Å². The van der Waals surface area contributed by atoms with Crippen LogP contribution in [-0.2, 0) is 29.3 Å². The van der Waals surface area contributed by atoms with E-state index in [1.54, 1.807) is 0 Å². The Kier molecular flexibility index (Phi) is 5.24. The number of fused-ring (bicyclic) bond motifs is 5. The highest BCUT2D eigenvalue weighted by Crippen LogP contribution is 2.53. The van der Waals surface area contributed by atoms with Gasteiger partial charge in [-0.25, -0.2) is 0 Å². The van der Waals surface area contributed by atoms with Gasteiger partial charge in [-0.2, -0.15) is 0 Å². The van der Waals surface area contributed by atoms with Crippen LogP contribution in [0.15, 0.2) is 60.2 Å². The minimum atomic E-state index is -2.12. The molecule has 0 saturated heterocycles. The van der Waals surface area contributed by atoms with Gasteiger partial charge in [0.25, 0.3) is 0 Å². The van der Waals surface area contributed by atoms with Crippen LogP contribution in [0, 0.1) is 0 Å². The smallest absolute Gasteiger partial charge is 0.0719 e. The van der Waals surface area contributed by atoms with Crippen molar-refractivity contribution < 1.29 is 13.9 Å². The predicted molar refractivity (Wildman–Crippen MR) is 132 cm³/mol. The van der Waals surface area contributed by atoms with E-state index in [1.807, 2.05) is 6.08 Å². The number of allylic oxidation sites excluding steroid dienone is 4. The average molecular weight is 460 g/mol. The molecule has 172 valence electrons. The molecule has 33 heavy (non-hydrogen) atoms. The second-order valence-electron chi connectivity index (χ2n) is 10.5. The number of aliphatic hydroxyl groups is 1. The summed E-state index contributed by atoms with van der Waals surface area (Å²) in [6.07, 6.45) is 15.0. The van der Waals surface area contributed by atoms with Crippen LogP contribution >= 0.6 is 0 Å². The van der Waals surface area contributed by atoms with Gasteiger partial charge in [-0.05, 0) is 77.5 Å². The molecule has 3 unspecified atom stereocenters. The Labute approximate surface area is 198 Å². The van der Waals surface area contributed by atoms with Crippen LogP contribution in [0.25, 0.3) is 11.1 Å². The van der Waals surface area contributed by atoms with Crippen molar-refractivity contribution in [2.75, 3.05) is 5.75 Å². The van der Waals surface area contributed by atoms with E-state index in [0.717, 1.165) is 56.9 Å². The Hall–Kier alpha value is -2.01. The van der Waals surface area contributed by atoms with Gasteiger partial charge < -0.3 is 9.66 Å². The number of rotatable bonds is 4. The summed E-state index contributed by atoms with van der Waals surface area (Å²) < 4.78 is 24.0. The Bertz CT molecular complexity index is 1190. The normalized spacial score (nSPS) is 28.1. The molecule has 0 bridgehead atoms. The number of benzene rings is 2. The molecule has 0 aromatic heterocycles. The highest BCUT2D eigenvalue weighted by molar-refractivity contribution is 7.79. The fourth-order valence-corrected chi connectivity index (χ4v) is 8.08. The van der Waals surface area contributed by atoms with Crippen LogP contribution in [0.5, 0.6) is 0 Å². The Morgan fingerprint density at radius 3 is 2.48 bits per heavy atom. The van der Waals surface area contributed by atoms with Crippen molar-refractivity contribution in [1.82, 2.24) is 0 Å². The van der Waals surface area contributed by atoms with Gasteiger partial charge >= 0.3 is 0 Å². The second kappa shape index (κ2) is 8.04. The lowest BCUT2D eigenvalue weighted by molar-refractivity contribution is -0.0221. The lowest BCUT2D eigenvalue weighted by Crippen LogP contribution is -2.42. The number of hydrogen-bond acceptors (Lipinski definition) is 3. The zero-order valence-electron chi connectivity index (χ0n) is 19.0. The summed E-state index contributed by atoms with van der Waals surface area (Å²) in [5.74, 6) is 0.236. The highest BCUT2D eigenvalue weighted by atomic mass is 32.2. The van der Waals surface area contributed by atoms with E-state index in [4.69, 9.17) is 0 Å². The van der Waals surface area contributed by atoms with Crippen molar-refractivity contribution in [2.24, 2.45) is 0 Å². The van der Waals surface area contributed by atoms with Gasteiger partial charge in [0.1, 0.15) is 0 Å². The summed E-state index contributed by atoms with van der Waals surface area (Å²) in [6.45, 7) is 0. The van der Waals surface area contributed by atoms with Gasteiger partial charge in [-0.3, -0.25) is 4.21 Å². The van der Waals surface area contributed by atoms with E-state index in [9.17, 15) is 13.9 Å². The van der Waals surface area contributed by atoms with E-state index < -0.39 is 22.1 Å². The van der Waals surface area contributed by atoms with E-state index in [0.29, 0.717) is 0 Å². The maximum absolute atomic E-state index is 12.0. The molecule has 2 aromatic rings. The Morgan fingerprint density at radius 2 is 1.76 bits per heavy atom. The molecule has 0 spiro atoms. The van der Waals surface area contributed by atoms with E-state index in [2.05, 4.69) is 48.6 Å². The predicted octanol–water partition coefficient (Wildman–Crippen LogP) is 5.64. The van der Waals surface area contributed by atoms with Crippen molar-refractivity contribution in [2.45, 2.75) is 74.7 Å². The molecule has 1 saturated carbocycles. The van der Waals surface area contributed by atoms with Gasteiger partial charge in [0.05, 0.1) is 5.60 Å². The van der Waals surface area contributed by atoms with E-state index in [-0.39, 0.29) is 11.7 Å². The zero-order valence-corrected chi connectivity index (χ0v) is 19.8. The Morgan fingerprint density at radius 1 is 0.970 bits per heavy atom. The third-order valence-electron chi connectivity index (χ3n) is 8.85. The molecule has 4 heteroatoms. The molecule has 2 aromatic carbocycles. The molecule has 0 aliphatic heterocycles. The van der Waals surface area contributed by atoms with Crippen LogP contribution in [-0.4, -0.2) is 25.2 Å². The molecule has 6 rings (SSSR count). The van der Waals surface area contributed by atoms with Crippen LogP contribution in [0.3, 0.4) is 0 Å². The molecule has 4 aliphatic rings. The molecule has 1 fully saturated rings. The topological polar surface area (TPSA) is 60.4 Å². The van der Waals surface area contributed by atoms with Crippen LogP contribution in [0.4, 0.5) is 0 Å². The standard InChI is InChI=1S/C29H32O3S/c30-29(16-4-1-5-17-29)27-18-25-22(21-10-2-3-11-23(21)27)13-14-26-24(25)12-7-15-28(26,19-33(31)32)20-8-6-9-20/h2-3,6,8-11,13-14,27,30H,1,4-5,7,12,15-19H2,(H,31,32)/p-1. The molecule has 1 N–H and O–H groups in total. The van der Waals surface area contributed by atoms with Gasteiger partial charge in [0.2, 0.25) is 0 Å². The summed E-state index contributed by atoms with van der Waals surface area (Å²) in [4.78, 5) is 0. The maximum Gasteiger partial charge on any atom is 0.0719 e. The third kappa shape index (κ3) is 3.33. The minimum Gasteiger partial charge on any atom is -0.772 e. The van der Waals surface area contributed by atoms with E-state index in [1.165, 1.54) is 39.8 Å². The molecule has 3 nitrogen and oxygen atoms in total. The van der Waals surface area contributed by atoms with Crippen LogP contribution in [0.1, 0.15) is 73.1 Å². The number of hydrogen-bond donors (Lipinski definition) is 1. The molecule has 0 amide bonds. The fourth-order valence-electron chi connectivity index (χ4n) is 7.21. The van der Waals surface area contributed by atoms with Crippen molar-refractivity contribution in [3.8, 4) is 11.1 Å². The second-order valence-corrected chi connectivity index (χ2v) is 11.4. The van der Waals surface area contributed by atoms with Gasteiger partial charge in [-0.15, -0.1) is 0 Å². The molecule has 0 radical (unpaired) electrons. The van der Waals surface area contributed by atoms with Crippen LogP contribution < -0.4 is 0 Å². The molecule has 4 aliphatic carbocycles. The summed E-state index contributed by atoms with van der Waals surface area (Å²) in [5.41, 5.74) is 7.72. The quantitative estimate of drug-likeness (QED) is 0.602. The molecular formula is C29H31O3S-. The first-order valence-corrected chi connectivity index (χ1v) is 13.7. The highest BCUT2D eigenvalue weighted by Gasteiger charge is 2.45. The molecule has 3 atom stereocenters. The van der Waals surface area contributed by atoms with Crippen molar-refractivity contribution in [3.63, 3.8) is 0 Å². The van der Waals surface area contributed by atoms with Gasteiger partial charge in [0, 0.05) is 17.1 Å². The summed E-state index contributed by atoms with van der Waals surface area (Å²) in [5, 5.41) is 11.8.